The van der Waals surface area contributed by atoms with Crippen molar-refractivity contribution in [2.45, 2.75) is 52.1 Å². The van der Waals surface area contributed by atoms with E-state index < -0.39 is 5.60 Å². The summed E-state index contributed by atoms with van der Waals surface area (Å²) < 4.78 is 5.42. The Morgan fingerprint density at radius 2 is 1.52 bits per heavy atom. The number of carbonyl (C=O) groups is 3. The highest BCUT2D eigenvalue weighted by molar-refractivity contribution is 5.83. The van der Waals surface area contributed by atoms with Gasteiger partial charge < -0.3 is 19.9 Å². The highest BCUT2D eigenvalue weighted by Crippen LogP contribution is 2.24. The van der Waals surface area contributed by atoms with E-state index in [9.17, 15) is 14.4 Å². The molecule has 2 atom stereocenters. The molecule has 2 saturated heterocycles. The van der Waals surface area contributed by atoms with Crippen LogP contribution in [0.15, 0.2) is 0 Å². The molecule has 7 nitrogen and oxygen atoms in total. The lowest BCUT2D eigenvalue weighted by molar-refractivity contribution is -0.140. The molecule has 0 bridgehead atoms. The lowest BCUT2D eigenvalue weighted by atomic mass is 9.93. The number of ether oxygens (including phenoxy) is 1. The third kappa shape index (κ3) is 5.34. The maximum atomic E-state index is 12.9. The van der Waals surface area contributed by atoms with Crippen LogP contribution in [0.4, 0.5) is 4.79 Å². The van der Waals surface area contributed by atoms with Crippen molar-refractivity contribution < 1.29 is 19.1 Å². The van der Waals surface area contributed by atoms with E-state index in [1.165, 1.54) is 0 Å². The molecule has 0 spiro atoms. The maximum Gasteiger partial charge on any atom is 0.410 e. The Bertz CT molecular complexity index is 515. The summed E-state index contributed by atoms with van der Waals surface area (Å²) in [5.74, 6) is -0.281. The van der Waals surface area contributed by atoms with Crippen LogP contribution >= 0.6 is 0 Å². The summed E-state index contributed by atoms with van der Waals surface area (Å²) in [6, 6.07) is 0. The highest BCUT2D eigenvalue weighted by atomic mass is 16.6. The summed E-state index contributed by atoms with van der Waals surface area (Å²) in [5, 5.41) is 2.67. The molecule has 2 aliphatic rings. The zero-order chi connectivity index (χ0) is 18.6. The Labute approximate surface area is 150 Å². The summed E-state index contributed by atoms with van der Waals surface area (Å²) in [5.41, 5.74) is -0.540. The summed E-state index contributed by atoms with van der Waals surface area (Å²) in [7, 11) is 1.63. The predicted octanol–water partition coefficient (Wildman–Crippen LogP) is 1.62. The van der Waals surface area contributed by atoms with Crippen molar-refractivity contribution in [2.75, 3.05) is 33.2 Å². The Hall–Kier alpha value is -1.79. The molecule has 0 aliphatic carbocycles. The molecule has 2 rings (SSSR count). The Kier molecular flexibility index (Phi) is 6.30. The van der Waals surface area contributed by atoms with Crippen molar-refractivity contribution >= 4 is 17.9 Å². The molecule has 2 fully saturated rings. The van der Waals surface area contributed by atoms with Gasteiger partial charge in [-0.05, 0) is 46.5 Å². The highest BCUT2D eigenvalue weighted by Gasteiger charge is 2.35. The fraction of sp³-hybridized carbons (Fsp3) is 0.833. The van der Waals surface area contributed by atoms with Crippen LogP contribution in [0, 0.1) is 11.8 Å². The van der Waals surface area contributed by atoms with Gasteiger partial charge in [0.25, 0.3) is 0 Å². The van der Waals surface area contributed by atoms with Gasteiger partial charge in [-0.3, -0.25) is 9.59 Å². The standard InChI is InChI=1S/C18H31N3O4/c1-18(2,3)25-17(24)21-10-6-8-14(12-21)16(23)20-9-5-7-13(11-20)15(22)19-4/h13-14H,5-12H2,1-4H3,(H,19,22)/t13-,14-/m1/s1. The first-order chi connectivity index (χ1) is 11.7. The molecule has 7 heteroatoms. The molecule has 0 aromatic rings. The van der Waals surface area contributed by atoms with E-state index >= 15 is 0 Å². The lowest BCUT2D eigenvalue weighted by Crippen LogP contribution is -2.51. The molecule has 0 radical (unpaired) electrons. The number of hydrogen-bond donors (Lipinski definition) is 1. The number of rotatable bonds is 2. The Morgan fingerprint density at radius 1 is 0.960 bits per heavy atom. The average Bonchev–Trinajstić information content (AvgIpc) is 2.59. The minimum absolute atomic E-state index is 0.00322. The monoisotopic (exact) mass is 353 g/mol. The first-order valence-corrected chi connectivity index (χ1v) is 9.19. The van der Waals surface area contributed by atoms with E-state index in [1.807, 2.05) is 20.8 Å². The normalized spacial score (nSPS) is 24.6. The number of likely N-dealkylation sites (tertiary alicyclic amines) is 2. The second kappa shape index (κ2) is 8.06. The van der Waals surface area contributed by atoms with E-state index in [1.54, 1.807) is 16.8 Å². The number of hydrogen-bond acceptors (Lipinski definition) is 4. The quantitative estimate of drug-likeness (QED) is 0.818. The fourth-order valence-electron chi connectivity index (χ4n) is 3.52. The minimum Gasteiger partial charge on any atom is -0.444 e. The first-order valence-electron chi connectivity index (χ1n) is 9.19. The smallest absolute Gasteiger partial charge is 0.410 e. The zero-order valence-corrected chi connectivity index (χ0v) is 15.8. The van der Waals surface area contributed by atoms with Crippen LogP contribution in [0.5, 0.6) is 0 Å². The molecule has 3 amide bonds. The molecule has 0 unspecified atom stereocenters. The largest absolute Gasteiger partial charge is 0.444 e. The molecular formula is C18H31N3O4. The molecule has 1 N–H and O–H groups in total. The second-order valence-corrected chi connectivity index (χ2v) is 8.00. The topological polar surface area (TPSA) is 79.0 Å². The molecule has 0 aromatic heterocycles. The van der Waals surface area contributed by atoms with Crippen LogP contribution in [0.25, 0.3) is 0 Å². The van der Waals surface area contributed by atoms with Gasteiger partial charge in [0.1, 0.15) is 5.60 Å². The van der Waals surface area contributed by atoms with Crippen LogP contribution in [-0.4, -0.2) is 66.5 Å². The number of piperidine rings is 2. The third-order valence-corrected chi connectivity index (χ3v) is 4.77. The predicted molar refractivity (Wildman–Crippen MR) is 93.9 cm³/mol. The first kappa shape index (κ1) is 19.5. The van der Waals surface area contributed by atoms with Gasteiger partial charge in [-0.1, -0.05) is 0 Å². The second-order valence-electron chi connectivity index (χ2n) is 8.00. The number of nitrogens with zero attached hydrogens (tertiary/aromatic N) is 2. The van der Waals surface area contributed by atoms with E-state index in [0.29, 0.717) is 26.2 Å². The molecular weight excluding hydrogens is 322 g/mol. The van der Waals surface area contributed by atoms with Crippen molar-refractivity contribution in [3.05, 3.63) is 0 Å². The van der Waals surface area contributed by atoms with Gasteiger partial charge in [-0.15, -0.1) is 0 Å². The fourth-order valence-corrected chi connectivity index (χ4v) is 3.52. The van der Waals surface area contributed by atoms with Crippen LogP contribution in [0.2, 0.25) is 0 Å². The van der Waals surface area contributed by atoms with Gasteiger partial charge in [-0.25, -0.2) is 4.79 Å². The van der Waals surface area contributed by atoms with Crippen molar-refractivity contribution in [1.82, 2.24) is 15.1 Å². The number of carbonyl (C=O) groups excluding carboxylic acids is 3. The minimum atomic E-state index is -0.540. The van der Waals surface area contributed by atoms with E-state index in [0.717, 1.165) is 25.7 Å². The Morgan fingerprint density at radius 3 is 2.12 bits per heavy atom. The van der Waals surface area contributed by atoms with E-state index in [4.69, 9.17) is 4.74 Å². The van der Waals surface area contributed by atoms with Gasteiger partial charge in [0.15, 0.2) is 0 Å². The summed E-state index contributed by atoms with van der Waals surface area (Å²) in [6.45, 7) is 7.70. The van der Waals surface area contributed by atoms with Crippen LogP contribution in [0.3, 0.4) is 0 Å². The molecule has 2 aliphatic heterocycles. The lowest BCUT2D eigenvalue weighted by Gasteiger charge is -2.38. The van der Waals surface area contributed by atoms with Crippen LogP contribution in [0.1, 0.15) is 46.5 Å². The van der Waals surface area contributed by atoms with Gasteiger partial charge in [0.05, 0.1) is 11.8 Å². The molecule has 25 heavy (non-hydrogen) atoms. The van der Waals surface area contributed by atoms with Crippen molar-refractivity contribution in [3.63, 3.8) is 0 Å². The van der Waals surface area contributed by atoms with Crippen LogP contribution < -0.4 is 5.32 Å². The van der Waals surface area contributed by atoms with Gasteiger partial charge >= 0.3 is 6.09 Å². The molecule has 2 heterocycles. The van der Waals surface area contributed by atoms with Crippen molar-refractivity contribution in [2.24, 2.45) is 11.8 Å². The summed E-state index contributed by atoms with van der Waals surface area (Å²) in [4.78, 5) is 40.4. The van der Waals surface area contributed by atoms with E-state index in [2.05, 4.69) is 5.32 Å². The third-order valence-electron chi connectivity index (χ3n) is 4.77. The van der Waals surface area contributed by atoms with Gasteiger partial charge in [-0.2, -0.15) is 0 Å². The molecule has 142 valence electrons. The van der Waals surface area contributed by atoms with Crippen molar-refractivity contribution in [3.8, 4) is 0 Å². The number of nitrogens with one attached hydrogen (secondary N) is 1. The summed E-state index contributed by atoms with van der Waals surface area (Å²) >= 11 is 0. The maximum absolute atomic E-state index is 12.9. The van der Waals surface area contributed by atoms with E-state index in [-0.39, 0.29) is 29.7 Å². The SMILES string of the molecule is CNC(=O)[C@@H]1CCCN(C(=O)[C@@H]2CCCN(C(=O)OC(C)(C)C)C2)C1. The molecule has 0 aromatic carbocycles. The van der Waals surface area contributed by atoms with Gasteiger partial charge in [0.2, 0.25) is 11.8 Å². The van der Waals surface area contributed by atoms with Gasteiger partial charge in [0, 0.05) is 33.2 Å². The number of amides is 3. The molecule has 0 saturated carbocycles. The average molecular weight is 353 g/mol. The van der Waals surface area contributed by atoms with Crippen molar-refractivity contribution in [1.29, 1.82) is 0 Å². The zero-order valence-electron chi connectivity index (χ0n) is 15.8. The van der Waals surface area contributed by atoms with Crippen LogP contribution in [-0.2, 0) is 14.3 Å². The summed E-state index contributed by atoms with van der Waals surface area (Å²) in [6.07, 6.45) is 2.87. The Balaban J connectivity index is 1.94.